The topological polar surface area (TPSA) is 69.0 Å². The molecule has 150 valence electrons. The van der Waals surface area contributed by atoms with Crippen LogP contribution in [0.5, 0.6) is 5.75 Å². The number of carbonyl (C=O) groups excluding carboxylic acids is 1. The van der Waals surface area contributed by atoms with Crippen LogP contribution in [0.3, 0.4) is 0 Å². The highest BCUT2D eigenvalue weighted by Crippen LogP contribution is 2.27. The Morgan fingerprint density at radius 3 is 2.27 bits per heavy atom. The molecule has 0 aliphatic carbocycles. The molecule has 0 radical (unpaired) electrons. The number of nitrogens with one attached hydrogen (secondary N) is 1. The van der Waals surface area contributed by atoms with Crippen molar-refractivity contribution >= 4 is 23.4 Å². The Kier molecular flexibility index (Phi) is 6.10. The van der Waals surface area contributed by atoms with Gasteiger partial charge in [-0.1, -0.05) is 48.5 Å². The SMILES string of the molecule is Cn1cnnc1Sc1ccc(NC(=O)C(Oc2ccccc2)c2ccccc2)cc1. The predicted molar refractivity (Wildman–Crippen MR) is 116 cm³/mol. The van der Waals surface area contributed by atoms with Crippen LogP contribution >= 0.6 is 11.8 Å². The standard InChI is InChI=1S/C23H20N4O2S/c1-27-16-24-26-23(27)30-20-14-12-18(13-15-20)25-22(28)21(17-8-4-2-5-9-17)29-19-10-6-3-7-11-19/h2-16,21H,1H3,(H,25,28). The fourth-order valence-corrected chi connectivity index (χ4v) is 3.58. The quantitative estimate of drug-likeness (QED) is 0.472. The van der Waals surface area contributed by atoms with Crippen LogP contribution in [-0.2, 0) is 11.8 Å². The molecular weight excluding hydrogens is 396 g/mol. The molecule has 4 rings (SSSR count). The zero-order valence-corrected chi connectivity index (χ0v) is 17.1. The Labute approximate surface area is 178 Å². The number of amides is 1. The van der Waals surface area contributed by atoms with E-state index in [0.717, 1.165) is 15.6 Å². The van der Waals surface area contributed by atoms with Crippen LogP contribution < -0.4 is 10.1 Å². The van der Waals surface area contributed by atoms with Crippen LogP contribution in [-0.4, -0.2) is 20.7 Å². The number of hydrogen-bond donors (Lipinski definition) is 1. The van der Waals surface area contributed by atoms with Crippen molar-refractivity contribution < 1.29 is 9.53 Å². The van der Waals surface area contributed by atoms with Crippen molar-refractivity contribution in [2.45, 2.75) is 16.2 Å². The van der Waals surface area contributed by atoms with E-state index >= 15 is 0 Å². The lowest BCUT2D eigenvalue weighted by Crippen LogP contribution is -2.25. The normalized spacial score (nSPS) is 11.6. The monoisotopic (exact) mass is 416 g/mol. The first kappa shape index (κ1) is 19.7. The second-order valence-electron chi connectivity index (χ2n) is 6.56. The van der Waals surface area contributed by atoms with E-state index in [-0.39, 0.29) is 5.91 Å². The molecule has 0 spiro atoms. The minimum Gasteiger partial charge on any atom is -0.476 e. The molecule has 4 aromatic rings. The molecule has 0 aliphatic rings. The van der Waals surface area contributed by atoms with Gasteiger partial charge >= 0.3 is 0 Å². The van der Waals surface area contributed by atoms with Crippen molar-refractivity contribution in [3.05, 3.63) is 96.8 Å². The minimum atomic E-state index is -0.763. The Morgan fingerprint density at radius 2 is 1.63 bits per heavy atom. The number of aryl methyl sites for hydroxylation is 1. The van der Waals surface area contributed by atoms with E-state index in [0.29, 0.717) is 11.4 Å². The molecule has 0 aliphatic heterocycles. The third kappa shape index (κ3) is 4.87. The number of benzene rings is 3. The molecule has 1 unspecified atom stereocenters. The smallest absolute Gasteiger partial charge is 0.270 e. The summed E-state index contributed by atoms with van der Waals surface area (Å²) in [7, 11) is 1.90. The number of rotatable bonds is 7. The number of aromatic nitrogens is 3. The fraction of sp³-hybridized carbons (Fsp3) is 0.0870. The summed E-state index contributed by atoms with van der Waals surface area (Å²) in [6.07, 6.45) is 0.897. The molecular formula is C23H20N4O2S. The van der Waals surface area contributed by atoms with E-state index in [2.05, 4.69) is 15.5 Å². The molecule has 1 amide bonds. The first-order valence-corrected chi connectivity index (χ1v) is 10.2. The van der Waals surface area contributed by atoms with E-state index in [1.165, 1.54) is 11.8 Å². The van der Waals surface area contributed by atoms with Gasteiger partial charge in [0.1, 0.15) is 12.1 Å². The van der Waals surface area contributed by atoms with Crippen molar-refractivity contribution in [1.82, 2.24) is 14.8 Å². The Balaban J connectivity index is 1.48. The van der Waals surface area contributed by atoms with E-state index in [1.54, 1.807) is 6.33 Å². The molecule has 1 heterocycles. The van der Waals surface area contributed by atoms with Crippen molar-refractivity contribution in [2.24, 2.45) is 7.05 Å². The Hall–Kier alpha value is -3.58. The Bertz CT molecular complexity index is 1100. The minimum absolute atomic E-state index is 0.237. The summed E-state index contributed by atoms with van der Waals surface area (Å²) in [5.74, 6) is 0.399. The fourth-order valence-electron chi connectivity index (χ4n) is 2.82. The number of anilines is 1. The van der Waals surface area contributed by atoms with Gasteiger partial charge in [-0.2, -0.15) is 0 Å². The Morgan fingerprint density at radius 1 is 0.967 bits per heavy atom. The molecule has 30 heavy (non-hydrogen) atoms. The molecule has 0 fully saturated rings. The third-order valence-corrected chi connectivity index (χ3v) is 5.40. The van der Waals surface area contributed by atoms with Crippen LogP contribution in [0.4, 0.5) is 5.69 Å². The summed E-state index contributed by atoms with van der Waals surface area (Å²) in [6.45, 7) is 0. The van der Waals surface area contributed by atoms with Gasteiger partial charge in [-0.25, -0.2) is 0 Å². The van der Waals surface area contributed by atoms with E-state index < -0.39 is 6.10 Å². The van der Waals surface area contributed by atoms with Crippen LogP contribution in [0.2, 0.25) is 0 Å². The summed E-state index contributed by atoms with van der Waals surface area (Å²) >= 11 is 1.51. The summed E-state index contributed by atoms with van der Waals surface area (Å²) in [5.41, 5.74) is 1.48. The molecule has 1 atom stereocenters. The summed E-state index contributed by atoms with van der Waals surface area (Å²) in [6, 6.07) is 26.4. The second-order valence-corrected chi connectivity index (χ2v) is 7.60. The van der Waals surface area contributed by atoms with Crippen molar-refractivity contribution in [1.29, 1.82) is 0 Å². The van der Waals surface area contributed by atoms with Crippen LogP contribution in [0.25, 0.3) is 0 Å². The molecule has 0 saturated carbocycles. The number of para-hydroxylation sites is 1. The van der Waals surface area contributed by atoms with Gasteiger partial charge < -0.3 is 14.6 Å². The maximum absolute atomic E-state index is 13.0. The van der Waals surface area contributed by atoms with E-state index in [1.807, 2.05) is 96.5 Å². The zero-order valence-electron chi connectivity index (χ0n) is 16.3. The second kappa shape index (κ2) is 9.28. The van der Waals surface area contributed by atoms with Gasteiger partial charge in [0.25, 0.3) is 5.91 Å². The van der Waals surface area contributed by atoms with Gasteiger partial charge in [-0.3, -0.25) is 4.79 Å². The molecule has 1 N–H and O–H groups in total. The highest BCUT2D eigenvalue weighted by atomic mass is 32.2. The average molecular weight is 417 g/mol. The highest BCUT2D eigenvalue weighted by Gasteiger charge is 2.23. The number of hydrogen-bond acceptors (Lipinski definition) is 5. The summed E-state index contributed by atoms with van der Waals surface area (Å²) in [4.78, 5) is 14.0. The van der Waals surface area contributed by atoms with Gasteiger partial charge in [-0.15, -0.1) is 10.2 Å². The van der Waals surface area contributed by atoms with Crippen molar-refractivity contribution in [2.75, 3.05) is 5.32 Å². The largest absolute Gasteiger partial charge is 0.476 e. The van der Waals surface area contributed by atoms with Gasteiger partial charge in [0.05, 0.1) is 0 Å². The lowest BCUT2D eigenvalue weighted by Gasteiger charge is -2.19. The van der Waals surface area contributed by atoms with Crippen LogP contribution in [0.1, 0.15) is 11.7 Å². The van der Waals surface area contributed by atoms with Crippen molar-refractivity contribution in [3.63, 3.8) is 0 Å². The first-order chi connectivity index (χ1) is 14.7. The van der Waals surface area contributed by atoms with Crippen molar-refractivity contribution in [3.8, 4) is 5.75 Å². The van der Waals surface area contributed by atoms with Gasteiger partial charge in [0.2, 0.25) is 6.10 Å². The van der Waals surface area contributed by atoms with Gasteiger partial charge in [-0.05, 0) is 48.2 Å². The highest BCUT2D eigenvalue weighted by molar-refractivity contribution is 7.99. The molecule has 7 heteroatoms. The molecule has 3 aromatic carbocycles. The molecule has 0 bridgehead atoms. The number of carbonyl (C=O) groups is 1. The zero-order chi connectivity index (χ0) is 20.8. The lowest BCUT2D eigenvalue weighted by molar-refractivity contribution is -0.123. The molecule has 0 saturated heterocycles. The number of nitrogens with zero attached hydrogens (tertiary/aromatic N) is 3. The lowest BCUT2D eigenvalue weighted by atomic mass is 10.1. The van der Waals surface area contributed by atoms with Crippen LogP contribution in [0, 0.1) is 0 Å². The average Bonchev–Trinajstić information content (AvgIpc) is 3.19. The van der Waals surface area contributed by atoms with Crippen LogP contribution in [0.15, 0.2) is 101 Å². The third-order valence-electron chi connectivity index (χ3n) is 4.34. The predicted octanol–water partition coefficient (Wildman–Crippen LogP) is 4.73. The van der Waals surface area contributed by atoms with E-state index in [4.69, 9.17) is 4.74 Å². The summed E-state index contributed by atoms with van der Waals surface area (Å²) < 4.78 is 7.86. The van der Waals surface area contributed by atoms with Gasteiger partial charge in [0.15, 0.2) is 5.16 Å². The summed E-state index contributed by atoms with van der Waals surface area (Å²) in [5, 5.41) is 11.7. The first-order valence-electron chi connectivity index (χ1n) is 9.38. The van der Waals surface area contributed by atoms with E-state index in [9.17, 15) is 4.79 Å². The maximum atomic E-state index is 13.0. The maximum Gasteiger partial charge on any atom is 0.270 e. The number of ether oxygens (including phenoxy) is 1. The molecule has 1 aromatic heterocycles. The molecule has 6 nitrogen and oxygen atoms in total. The van der Waals surface area contributed by atoms with Gasteiger partial charge in [0, 0.05) is 23.2 Å².